The van der Waals surface area contributed by atoms with Gasteiger partial charge in [0.25, 0.3) is 0 Å². The molecule has 0 saturated heterocycles. The SMILES string of the molecule is CC(C)CC(NC(C)c1ccc(C#N)cc1)C(=O)N(C)C. The number of hydrogen-bond donors (Lipinski definition) is 1. The van der Waals surface area contributed by atoms with Gasteiger partial charge in [-0.1, -0.05) is 26.0 Å². The summed E-state index contributed by atoms with van der Waals surface area (Å²) >= 11 is 0. The van der Waals surface area contributed by atoms with E-state index in [4.69, 9.17) is 5.26 Å². The number of nitrogens with one attached hydrogen (secondary N) is 1. The Morgan fingerprint density at radius 1 is 1.24 bits per heavy atom. The maximum absolute atomic E-state index is 12.3. The molecule has 0 bridgehead atoms. The van der Waals surface area contributed by atoms with Crippen LogP contribution in [0.4, 0.5) is 0 Å². The second kappa shape index (κ2) is 7.80. The smallest absolute Gasteiger partial charge is 0.239 e. The van der Waals surface area contributed by atoms with Crippen LogP contribution in [0.25, 0.3) is 0 Å². The molecule has 0 aromatic heterocycles. The Balaban J connectivity index is 2.81. The Kier molecular flexibility index (Phi) is 6.39. The van der Waals surface area contributed by atoms with Crippen LogP contribution in [0.5, 0.6) is 0 Å². The Morgan fingerprint density at radius 2 is 1.81 bits per heavy atom. The second-order valence-electron chi connectivity index (χ2n) is 6.04. The van der Waals surface area contributed by atoms with Gasteiger partial charge in [0.05, 0.1) is 17.7 Å². The van der Waals surface area contributed by atoms with Gasteiger partial charge in [-0.2, -0.15) is 5.26 Å². The van der Waals surface area contributed by atoms with Crippen LogP contribution < -0.4 is 5.32 Å². The van der Waals surface area contributed by atoms with E-state index in [1.54, 1.807) is 31.1 Å². The van der Waals surface area contributed by atoms with Crippen molar-refractivity contribution < 1.29 is 4.79 Å². The van der Waals surface area contributed by atoms with E-state index in [2.05, 4.69) is 25.2 Å². The van der Waals surface area contributed by atoms with Crippen LogP contribution in [-0.2, 0) is 4.79 Å². The molecule has 114 valence electrons. The molecule has 0 aliphatic rings. The van der Waals surface area contributed by atoms with Gasteiger partial charge in [-0.25, -0.2) is 0 Å². The molecule has 0 aliphatic carbocycles. The quantitative estimate of drug-likeness (QED) is 0.875. The molecule has 2 atom stereocenters. The number of hydrogen-bond acceptors (Lipinski definition) is 3. The number of rotatable bonds is 6. The first-order valence-electron chi connectivity index (χ1n) is 7.32. The largest absolute Gasteiger partial charge is 0.347 e. The van der Waals surface area contributed by atoms with Crippen LogP contribution in [0.3, 0.4) is 0 Å². The number of likely N-dealkylation sites (N-methyl/N-ethyl adjacent to an activating group) is 1. The van der Waals surface area contributed by atoms with Crippen LogP contribution in [0.2, 0.25) is 0 Å². The zero-order chi connectivity index (χ0) is 16.0. The van der Waals surface area contributed by atoms with E-state index in [1.165, 1.54) is 0 Å². The predicted molar refractivity (Wildman–Crippen MR) is 84.6 cm³/mol. The third kappa shape index (κ3) is 5.20. The van der Waals surface area contributed by atoms with E-state index in [9.17, 15) is 4.79 Å². The summed E-state index contributed by atoms with van der Waals surface area (Å²) in [6, 6.07) is 9.46. The van der Waals surface area contributed by atoms with Gasteiger partial charge < -0.3 is 4.90 Å². The summed E-state index contributed by atoms with van der Waals surface area (Å²) in [5.41, 5.74) is 1.73. The fourth-order valence-corrected chi connectivity index (χ4v) is 2.27. The van der Waals surface area contributed by atoms with E-state index >= 15 is 0 Å². The average molecular weight is 287 g/mol. The molecule has 0 saturated carbocycles. The zero-order valence-electron chi connectivity index (χ0n) is 13.6. The van der Waals surface area contributed by atoms with E-state index in [0.717, 1.165) is 12.0 Å². The van der Waals surface area contributed by atoms with Crippen molar-refractivity contribution in [2.45, 2.75) is 39.3 Å². The topological polar surface area (TPSA) is 56.1 Å². The summed E-state index contributed by atoms with van der Waals surface area (Å²) in [7, 11) is 3.56. The highest BCUT2D eigenvalue weighted by molar-refractivity contribution is 5.81. The number of carbonyl (C=O) groups is 1. The second-order valence-corrected chi connectivity index (χ2v) is 6.04. The molecule has 1 aromatic carbocycles. The molecule has 21 heavy (non-hydrogen) atoms. The highest BCUT2D eigenvalue weighted by atomic mass is 16.2. The normalized spacial score (nSPS) is 13.6. The number of nitriles is 1. The predicted octanol–water partition coefficient (Wildman–Crippen LogP) is 2.71. The minimum atomic E-state index is -0.189. The molecular formula is C17H25N3O. The highest BCUT2D eigenvalue weighted by Gasteiger charge is 2.23. The molecule has 4 nitrogen and oxygen atoms in total. The molecule has 1 aromatic rings. The molecule has 1 amide bonds. The van der Waals surface area contributed by atoms with Crippen molar-refractivity contribution in [1.82, 2.24) is 10.2 Å². The van der Waals surface area contributed by atoms with Crippen molar-refractivity contribution >= 4 is 5.91 Å². The van der Waals surface area contributed by atoms with Gasteiger partial charge in [0.2, 0.25) is 5.91 Å². The summed E-state index contributed by atoms with van der Waals surface area (Å²) < 4.78 is 0. The lowest BCUT2D eigenvalue weighted by molar-refractivity contribution is -0.131. The van der Waals surface area contributed by atoms with Gasteiger partial charge in [0.1, 0.15) is 0 Å². The first-order valence-corrected chi connectivity index (χ1v) is 7.32. The number of carbonyl (C=O) groups excluding carboxylic acids is 1. The Bertz CT molecular complexity index is 500. The monoisotopic (exact) mass is 287 g/mol. The lowest BCUT2D eigenvalue weighted by Crippen LogP contribution is -2.45. The maximum Gasteiger partial charge on any atom is 0.239 e. The molecule has 2 unspecified atom stereocenters. The van der Waals surface area contributed by atoms with Crippen molar-refractivity contribution in [2.75, 3.05) is 14.1 Å². The lowest BCUT2D eigenvalue weighted by Gasteiger charge is -2.26. The van der Waals surface area contributed by atoms with Gasteiger partial charge in [0, 0.05) is 20.1 Å². The van der Waals surface area contributed by atoms with Crippen LogP contribution in [-0.4, -0.2) is 30.9 Å². The van der Waals surface area contributed by atoms with Crippen LogP contribution in [0.15, 0.2) is 24.3 Å². The molecule has 0 spiro atoms. The first-order chi connectivity index (χ1) is 9.85. The number of amides is 1. The zero-order valence-corrected chi connectivity index (χ0v) is 13.6. The lowest BCUT2D eigenvalue weighted by atomic mass is 10.00. The molecule has 1 rings (SSSR count). The van der Waals surface area contributed by atoms with E-state index in [1.807, 2.05) is 19.1 Å². The van der Waals surface area contributed by atoms with E-state index < -0.39 is 0 Å². The van der Waals surface area contributed by atoms with Crippen molar-refractivity contribution in [3.05, 3.63) is 35.4 Å². The fraction of sp³-hybridized carbons (Fsp3) is 0.529. The summed E-state index contributed by atoms with van der Waals surface area (Å²) in [4.78, 5) is 13.9. The Labute approximate surface area is 127 Å². The molecule has 0 aliphatic heterocycles. The Morgan fingerprint density at radius 3 is 2.24 bits per heavy atom. The van der Waals surface area contributed by atoms with E-state index in [-0.39, 0.29) is 18.0 Å². The van der Waals surface area contributed by atoms with Gasteiger partial charge >= 0.3 is 0 Å². The highest BCUT2D eigenvalue weighted by Crippen LogP contribution is 2.16. The minimum absolute atomic E-state index is 0.0605. The summed E-state index contributed by atoms with van der Waals surface area (Å²) in [5.74, 6) is 0.545. The third-order valence-corrected chi connectivity index (χ3v) is 3.44. The molecule has 1 N–H and O–H groups in total. The molecule has 0 heterocycles. The van der Waals surface area contributed by atoms with Gasteiger partial charge in [-0.05, 0) is 37.0 Å². The Hall–Kier alpha value is -1.86. The van der Waals surface area contributed by atoms with Crippen LogP contribution in [0, 0.1) is 17.2 Å². The number of benzene rings is 1. The van der Waals surface area contributed by atoms with Crippen molar-refractivity contribution in [2.24, 2.45) is 5.92 Å². The fourth-order valence-electron chi connectivity index (χ4n) is 2.27. The molecule has 4 heteroatoms. The van der Waals surface area contributed by atoms with Crippen molar-refractivity contribution in [3.8, 4) is 6.07 Å². The van der Waals surface area contributed by atoms with Crippen LogP contribution in [0.1, 0.15) is 44.4 Å². The minimum Gasteiger partial charge on any atom is -0.347 e. The molecule has 0 radical (unpaired) electrons. The van der Waals surface area contributed by atoms with Gasteiger partial charge in [0.15, 0.2) is 0 Å². The maximum atomic E-state index is 12.3. The third-order valence-electron chi connectivity index (χ3n) is 3.44. The van der Waals surface area contributed by atoms with Crippen molar-refractivity contribution in [1.29, 1.82) is 5.26 Å². The summed E-state index contributed by atoms with van der Waals surface area (Å²) in [6.07, 6.45) is 0.803. The van der Waals surface area contributed by atoms with Gasteiger partial charge in [-0.3, -0.25) is 10.1 Å². The van der Waals surface area contributed by atoms with E-state index in [0.29, 0.717) is 11.5 Å². The van der Waals surface area contributed by atoms with Crippen molar-refractivity contribution in [3.63, 3.8) is 0 Å². The summed E-state index contributed by atoms with van der Waals surface area (Å²) in [5, 5.41) is 12.2. The first kappa shape index (κ1) is 17.2. The average Bonchev–Trinajstić information content (AvgIpc) is 2.45. The standard InChI is InChI=1S/C17H25N3O/c1-12(2)10-16(17(21)20(4)5)19-13(3)15-8-6-14(11-18)7-9-15/h6-9,12-13,16,19H,10H2,1-5H3. The number of nitrogens with zero attached hydrogens (tertiary/aromatic N) is 2. The van der Waals surface area contributed by atoms with Gasteiger partial charge in [-0.15, -0.1) is 0 Å². The molecular weight excluding hydrogens is 262 g/mol. The molecule has 0 fully saturated rings. The van der Waals surface area contributed by atoms with Crippen LogP contribution >= 0.6 is 0 Å². The summed E-state index contributed by atoms with van der Waals surface area (Å²) in [6.45, 7) is 6.27.